The monoisotopic (exact) mass is 380 g/mol. The second kappa shape index (κ2) is 8.09. The van der Waals surface area contributed by atoms with E-state index in [0.717, 1.165) is 24.6 Å². The molecule has 1 aromatic carbocycles. The Morgan fingerprint density at radius 1 is 1.38 bits per heavy atom. The minimum absolute atomic E-state index is 0.136. The van der Waals surface area contributed by atoms with Crippen molar-refractivity contribution in [2.24, 2.45) is 0 Å². The van der Waals surface area contributed by atoms with Gasteiger partial charge in [0, 0.05) is 22.4 Å². The summed E-state index contributed by atoms with van der Waals surface area (Å²) in [6.07, 6.45) is 0. The van der Waals surface area contributed by atoms with Crippen LogP contribution >= 0.6 is 11.8 Å². The Morgan fingerprint density at radius 3 is 2.81 bits per heavy atom. The van der Waals surface area contributed by atoms with Gasteiger partial charge in [-0.2, -0.15) is 11.8 Å². The average molecular weight is 380 g/mol. The lowest BCUT2D eigenvalue weighted by atomic mass is 10.2. The molecule has 0 aliphatic carbocycles. The van der Waals surface area contributed by atoms with Crippen LogP contribution < -0.4 is 10.2 Å². The molecule has 2 heterocycles. The molecule has 1 amide bonds. The van der Waals surface area contributed by atoms with Crippen LogP contribution in [0.1, 0.15) is 24.3 Å². The molecule has 1 aliphatic heterocycles. The number of benzene rings is 1. The number of H-pyrrole nitrogens is 1. The molecule has 6 nitrogen and oxygen atoms in total. The summed E-state index contributed by atoms with van der Waals surface area (Å²) in [5.41, 5.74) is 0.983. The molecule has 1 aliphatic rings. The number of carbonyl (C=O) groups is 2. The number of fused-ring (bicyclic) bond motifs is 1. The van der Waals surface area contributed by atoms with Gasteiger partial charge in [0.1, 0.15) is 11.5 Å². The molecule has 2 aromatic rings. The lowest BCUT2D eigenvalue weighted by Gasteiger charge is -2.28. The van der Waals surface area contributed by atoms with Crippen molar-refractivity contribution in [3.8, 4) is 0 Å². The molecule has 140 valence electrons. The number of thioether (sulfide) groups is 1. The number of esters is 1. The number of rotatable bonds is 5. The second-order valence-electron chi connectivity index (χ2n) is 6.27. The number of carbonyl (C=O) groups excluding carboxylic acids is 2. The number of hydrogen-bond acceptors (Lipinski definition) is 4. The lowest BCUT2D eigenvalue weighted by Crippen LogP contribution is -3.18. The number of aromatic nitrogens is 1. The van der Waals surface area contributed by atoms with Crippen LogP contribution in [0.5, 0.6) is 0 Å². The van der Waals surface area contributed by atoms with Crippen molar-refractivity contribution in [2.75, 3.05) is 36.5 Å². The van der Waals surface area contributed by atoms with Gasteiger partial charge in [-0.3, -0.25) is 4.79 Å². The highest BCUT2D eigenvalue weighted by Gasteiger charge is 2.29. The Bertz CT molecular complexity index is 817. The first kappa shape index (κ1) is 18.7. The molecule has 1 saturated heterocycles. The van der Waals surface area contributed by atoms with E-state index in [9.17, 15) is 14.0 Å². The van der Waals surface area contributed by atoms with E-state index in [4.69, 9.17) is 4.74 Å². The van der Waals surface area contributed by atoms with E-state index in [1.807, 2.05) is 18.7 Å². The van der Waals surface area contributed by atoms with E-state index >= 15 is 0 Å². The topological polar surface area (TPSA) is 75.6 Å². The maximum Gasteiger partial charge on any atom is 0.356 e. The van der Waals surface area contributed by atoms with Crippen LogP contribution in [0.3, 0.4) is 0 Å². The molecule has 0 saturated carbocycles. The Kier molecular flexibility index (Phi) is 5.83. The summed E-state index contributed by atoms with van der Waals surface area (Å²) in [6, 6.07) is 3.89. The molecule has 1 fully saturated rings. The maximum atomic E-state index is 13.7. The third kappa shape index (κ3) is 3.86. The molecule has 3 rings (SSSR count). The lowest BCUT2D eigenvalue weighted by molar-refractivity contribution is -0.910. The van der Waals surface area contributed by atoms with Crippen LogP contribution in [0.2, 0.25) is 0 Å². The van der Waals surface area contributed by atoms with Crippen LogP contribution in [-0.4, -0.2) is 54.1 Å². The fourth-order valence-corrected chi connectivity index (χ4v) is 4.15. The van der Waals surface area contributed by atoms with E-state index in [0.29, 0.717) is 10.9 Å². The summed E-state index contributed by atoms with van der Waals surface area (Å²) in [5, 5.41) is 3.29. The zero-order chi connectivity index (χ0) is 18.7. The van der Waals surface area contributed by atoms with Crippen molar-refractivity contribution in [3.63, 3.8) is 0 Å². The van der Waals surface area contributed by atoms with E-state index < -0.39 is 11.8 Å². The van der Waals surface area contributed by atoms with Gasteiger partial charge in [-0.15, -0.1) is 0 Å². The van der Waals surface area contributed by atoms with Crippen molar-refractivity contribution < 1.29 is 23.6 Å². The predicted molar refractivity (Wildman–Crippen MR) is 100 cm³/mol. The normalized spacial score (nSPS) is 16.4. The molecule has 0 radical (unpaired) electrons. The molecule has 1 aromatic heterocycles. The van der Waals surface area contributed by atoms with Crippen molar-refractivity contribution in [2.45, 2.75) is 19.9 Å². The number of amides is 1. The van der Waals surface area contributed by atoms with Gasteiger partial charge in [0.25, 0.3) is 5.91 Å². The van der Waals surface area contributed by atoms with E-state index in [-0.39, 0.29) is 29.9 Å². The summed E-state index contributed by atoms with van der Waals surface area (Å²) in [5.74, 6) is 0.851. The van der Waals surface area contributed by atoms with Crippen LogP contribution in [0.15, 0.2) is 18.2 Å². The minimum Gasteiger partial charge on any atom is -0.461 e. The number of ether oxygens (including phenoxy) is 1. The quantitative estimate of drug-likeness (QED) is 0.687. The summed E-state index contributed by atoms with van der Waals surface area (Å²) >= 11 is 1.89. The maximum absolute atomic E-state index is 13.7. The first-order valence-electron chi connectivity index (χ1n) is 8.72. The van der Waals surface area contributed by atoms with Crippen LogP contribution in [-0.2, 0) is 9.53 Å². The first-order chi connectivity index (χ1) is 12.5. The van der Waals surface area contributed by atoms with Gasteiger partial charge in [0.05, 0.1) is 25.4 Å². The van der Waals surface area contributed by atoms with Gasteiger partial charge in [-0.25, -0.2) is 9.18 Å². The van der Waals surface area contributed by atoms with E-state index in [1.54, 1.807) is 13.0 Å². The summed E-state index contributed by atoms with van der Waals surface area (Å²) in [4.78, 5) is 29.2. The largest absolute Gasteiger partial charge is 0.461 e. The third-order valence-corrected chi connectivity index (χ3v) is 5.61. The molecule has 0 spiro atoms. The number of quaternary nitrogens is 1. The minimum atomic E-state index is -0.575. The zero-order valence-electron chi connectivity index (χ0n) is 14.9. The van der Waals surface area contributed by atoms with Crippen LogP contribution in [0.25, 0.3) is 10.9 Å². The van der Waals surface area contributed by atoms with Gasteiger partial charge in [-0.05, 0) is 32.0 Å². The number of nitrogens with one attached hydrogen (secondary N) is 3. The Morgan fingerprint density at radius 2 is 2.12 bits per heavy atom. The van der Waals surface area contributed by atoms with Gasteiger partial charge in [-0.1, -0.05) is 0 Å². The Labute approximate surface area is 155 Å². The highest BCUT2D eigenvalue weighted by molar-refractivity contribution is 7.99. The molecule has 0 bridgehead atoms. The second-order valence-corrected chi connectivity index (χ2v) is 7.49. The highest BCUT2D eigenvalue weighted by Crippen LogP contribution is 2.29. The molecule has 3 N–H and O–H groups in total. The van der Waals surface area contributed by atoms with Crippen molar-refractivity contribution in [1.29, 1.82) is 0 Å². The summed E-state index contributed by atoms with van der Waals surface area (Å²) in [6.45, 7) is 5.64. The van der Waals surface area contributed by atoms with Gasteiger partial charge in [0.15, 0.2) is 6.04 Å². The van der Waals surface area contributed by atoms with Crippen LogP contribution in [0, 0.1) is 5.82 Å². The Balaban J connectivity index is 1.91. The summed E-state index contributed by atoms with van der Waals surface area (Å²) in [7, 11) is 0. The number of hydrogen-bond donors (Lipinski definition) is 3. The molecule has 8 heteroatoms. The number of halogens is 1. The van der Waals surface area contributed by atoms with Crippen molar-refractivity contribution in [1.82, 2.24) is 4.98 Å². The standard InChI is InChI=1S/C18H22FN3O3S/c1-3-25-18(24)16-15(13-10-12(19)4-5-14(13)20-16)21-17(23)11(2)22-6-8-26-9-7-22/h4-5,10-11,20H,3,6-9H2,1-2H3,(H,21,23)/p+1/t11-/m1/s1. The van der Waals surface area contributed by atoms with E-state index in [1.165, 1.54) is 17.0 Å². The van der Waals surface area contributed by atoms with Crippen LogP contribution in [0.4, 0.5) is 10.1 Å². The molecular weight excluding hydrogens is 357 g/mol. The smallest absolute Gasteiger partial charge is 0.356 e. The van der Waals surface area contributed by atoms with Gasteiger partial charge >= 0.3 is 5.97 Å². The molecule has 1 atom stereocenters. The third-order valence-electron chi connectivity index (χ3n) is 4.63. The van der Waals surface area contributed by atoms with Crippen molar-refractivity contribution in [3.05, 3.63) is 29.7 Å². The molecule has 0 unspecified atom stereocenters. The number of anilines is 1. The molecular formula is C18H23FN3O3S+. The van der Waals surface area contributed by atoms with Crippen molar-refractivity contribution >= 4 is 40.2 Å². The number of aromatic amines is 1. The fourth-order valence-electron chi connectivity index (χ4n) is 3.13. The van der Waals surface area contributed by atoms with Gasteiger partial charge in [0.2, 0.25) is 0 Å². The van der Waals surface area contributed by atoms with E-state index in [2.05, 4.69) is 10.3 Å². The zero-order valence-corrected chi connectivity index (χ0v) is 15.7. The molecule has 26 heavy (non-hydrogen) atoms. The SMILES string of the molecule is CCOC(=O)c1[nH]c2ccc(F)cc2c1NC(=O)[C@@H](C)[NH+]1CCSCC1. The van der Waals surface area contributed by atoms with Gasteiger partial charge < -0.3 is 19.9 Å². The average Bonchev–Trinajstić information content (AvgIpc) is 3.00. The fraction of sp³-hybridized carbons (Fsp3) is 0.444. The summed E-state index contributed by atoms with van der Waals surface area (Å²) < 4.78 is 18.8. The highest BCUT2D eigenvalue weighted by atomic mass is 32.2. The first-order valence-corrected chi connectivity index (χ1v) is 9.88. The Hall–Kier alpha value is -2.06. The predicted octanol–water partition coefficient (Wildman–Crippen LogP) is 1.44.